The fourth-order valence-corrected chi connectivity index (χ4v) is 2.85. The van der Waals surface area contributed by atoms with Gasteiger partial charge in [-0.1, -0.05) is 42.5 Å². The van der Waals surface area contributed by atoms with E-state index in [1.807, 2.05) is 30.3 Å². The molecule has 0 heterocycles. The van der Waals surface area contributed by atoms with Gasteiger partial charge in [-0.2, -0.15) is 5.10 Å². The molecular weight excluding hydrogens is 406 g/mol. The van der Waals surface area contributed by atoms with Crippen LogP contribution in [0.4, 0.5) is 5.69 Å². The molecule has 0 aliphatic rings. The third-order valence-electron chi connectivity index (χ3n) is 4.47. The van der Waals surface area contributed by atoms with E-state index in [2.05, 4.69) is 15.8 Å². The lowest BCUT2D eigenvalue weighted by Gasteiger charge is -2.09. The number of nitrogens with zero attached hydrogens (tertiary/aromatic N) is 1. The Hall–Kier alpha value is -4.39. The van der Waals surface area contributed by atoms with E-state index in [4.69, 9.17) is 9.47 Å². The summed E-state index contributed by atoms with van der Waals surface area (Å²) in [4.78, 5) is 24.9. The SMILES string of the molecule is COc1ccc(/C=N\NC(=O)c2ccccc2NC(=O)/C=C/c2ccccc2)c(OC)c1. The van der Waals surface area contributed by atoms with Crippen molar-refractivity contribution in [3.05, 3.63) is 95.6 Å². The van der Waals surface area contributed by atoms with Gasteiger partial charge in [0.2, 0.25) is 5.91 Å². The van der Waals surface area contributed by atoms with E-state index in [-0.39, 0.29) is 11.5 Å². The predicted molar refractivity (Wildman–Crippen MR) is 125 cm³/mol. The van der Waals surface area contributed by atoms with Crippen molar-refractivity contribution in [1.82, 2.24) is 5.43 Å². The highest BCUT2D eigenvalue weighted by Gasteiger charge is 2.12. The summed E-state index contributed by atoms with van der Waals surface area (Å²) < 4.78 is 10.5. The lowest BCUT2D eigenvalue weighted by atomic mass is 10.1. The van der Waals surface area contributed by atoms with Crippen LogP contribution in [0.2, 0.25) is 0 Å². The molecule has 0 atom stereocenters. The molecular formula is C25H23N3O4. The molecule has 0 bridgehead atoms. The van der Waals surface area contributed by atoms with Crippen LogP contribution >= 0.6 is 0 Å². The summed E-state index contributed by atoms with van der Waals surface area (Å²) in [5.74, 6) is 0.395. The molecule has 0 fully saturated rings. The fourth-order valence-electron chi connectivity index (χ4n) is 2.85. The molecule has 0 aliphatic carbocycles. The van der Waals surface area contributed by atoms with Crippen LogP contribution in [0.25, 0.3) is 6.08 Å². The van der Waals surface area contributed by atoms with Crippen molar-refractivity contribution in [1.29, 1.82) is 0 Å². The van der Waals surface area contributed by atoms with Gasteiger partial charge in [0, 0.05) is 17.7 Å². The predicted octanol–water partition coefficient (Wildman–Crippen LogP) is 4.12. The minimum absolute atomic E-state index is 0.285. The Balaban J connectivity index is 1.67. The minimum Gasteiger partial charge on any atom is -0.497 e. The van der Waals surface area contributed by atoms with Crippen molar-refractivity contribution >= 4 is 29.8 Å². The Morgan fingerprint density at radius 2 is 1.66 bits per heavy atom. The van der Waals surface area contributed by atoms with Crippen molar-refractivity contribution < 1.29 is 19.1 Å². The zero-order valence-corrected chi connectivity index (χ0v) is 17.7. The average Bonchev–Trinajstić information content (AvgIpc) is 2.83. The van der Waals surface area contributed by atoms with Crippen molar-refractivity contribution in [3.63, 3.8) is 0 Å². The summed E-state index contributed by atoms with van der Waals surface area (Å²) in [6.45, 7) is 0. The van der Waals surface area contributed by atoms with Crippen LogP contribution in [-0.2, 0) is 4.79 Å². The number of hydrogen-bond donors (Lipinski definition) is 2. The maximum atomic E-state index is 12.6. The Morgan fingerprint density at radius 3 is 2.41 bits per heavy atom. The number of methoxy groups -OCH3 is 2. The molecule has 3 aromatic rings. The average molecular weight is 429 g/mol. The Labute approximate surface area is 186 Å². The third-order valence-corrected chi connectivity index (χ3v) is 4.47. The number of hydrazone groups is 1. The summed E-state index contributed by atoms with van der Waals surface area (Å²) in [6.07, 6.45) is 4.59. The van der Waals surface area contributed by atoms with E-state index in [9.17, 15) is 9.59 Å². The van der Waals surface area contributed by atoms with Crippen molar-refractivity contribution in [3.8, 4) is 11.5 Å². The maximum Gasteiger partial charge on any atom is 0.273 e. The second kappa shape index (κ2) is 11.1. The number of rotatable bonds is 8. The standard InChI is InChI=1S/C25H23N3O4/c1-31-20-14-13-19(23(16-20)32-2)17-26-28-25(30)21-10-6-7-11-22(21)27-24(29)15-12-18-8-4-3-5-9-18/h3-17H,1-2H3,(H,27,29)(H,28,30)/b15-12+,26-17-. The van der Waals surface area contributed by atoms with E-state index in [1.54, 1.807) is 55.7 Å². The molecule has 0 unspecified atom stereocenters. The third kappa shape index (κ3) is 6.06. The number of hydrogen-bond acceptors (Lipinski definition) is 5. The number of amides is 2. The number of benzene rings is 3. The van der Waals surface area contributed by atoms with E-state index >= 15 is 0 Å². The lowest BCUT2D eigenvalue weighted by molar-refractivity contribution is -0.111. The first-order valence-electron chi connectivity index (χ1n) is 9.79. The van der Waals surface area contributed by atoms with Crippen LogP contribution in [-0.4, -0.2) is 32.2 Å². The number of carbonyl (C=O) groups is 2. The Bertz CT molecular complexity index is 1140. The van der Waals surface area contributed by atoms with Gasteiger partial charge in [0.25, 0.3) is 5.91 Å². The van der Waals surface area contributed by atoms with Gasteiger partial charge < -0.3 is 14.8 Å². The number of para-hydroxylation sites is 1. The molecule has 32 heavy (non-hydrogen) atoms. The molecule has 2 N–H and O–H groups in total. The Kier molecular flexibility index (Phi) is 7.75. The maximum absolute atomic E-state index is 12.6. The van der Waals surface area contributed by atoms with Crippen molar-refractivity contribution in [2.75, 3.05) is 19.5 Å². The van der Waals surface area contributed by atoms with Crippen LogP contribution in [0, 0.1) is 0 Å². The molecule has 3 rings (SSSR count). The largest absolute Gasteiger partial charge is 0.497 e. The zero-order valence-electron chi connectivity index (χ0n) is 17.7. The highest BCUT2D eigenvalue weighted by molar-refractivity contribution is 6.07. The van der Waals surface area contributed by atoms with Gasteiger partial charge in [-0.15, -0.1) is 0 Å². The molecule has 0 saturated heterocycles. The van der Waals surface area contributed by atoms with E-state index in [0.717, 1.165) is 5.56 Å². The van der Waals surface area contributed by atoms with Gasteiger partial charge in [0.15, 0.2) is 0 Å². The van der Waals surface area contributed by atoms with Gasteiger partial charge in [0.1, 0.15) is 11.5 Å². The normalized spacial score (nSPS) is 10.8. The van der Waals surface area contributed by atoms with E-state index < -0.39 is 5.91 Å². The molecule has 3 aromatic carbocycles. The highest BCUT2D eigenvalue weighted by Crippen LogP contribution is 2.23. The second-order valence-corrected chi connectivity index (χ2v) is 6.59. The molecule has 0 spiro atoms. The highest BCUT2D eigenvalue weighted by atomic mass is 16.5. The van der Waals surface area contributed by atoms with Crippen LogP contribution in [0.3, 0.4) is 0 Å². The summed E-state index contributed by atoms with van der Waals surface area (Å²) in [5.41, 5.74) is 4.71. The molecule has 0 saturated carbocycles. The summed E-state index contributed by atoms with van der Waals surface area (Å²) in [7, 11) is 3.10. The van der Waals surface area contributed by atoms with Gasteiger partial charge in [-0.05, 0) is 35.9 Å². The van der Waals surface area contributed by atoms with Gasteiger partial charge >= 0.3 is 0 Å². The molecule has 7 nitrogen and oxygen atoms in total. The first kappa shape index (κ1) is 22.3. The van der Waals surface area contributed by atoms with Crippen molar-refractivity contribution in [2.24, 2.45) is 5.10 Å². The smallest absolute Gasteiger partial charge is 0.273 e. The zero-order chi connectivity index (χ0) is 22.8. The molecule has 0 aliphatic heterocycles. The number of nitrogens with one attached hydrogen (secondary N) is 2. The quantitative estimate of drug-likeness (QED) is 0.320. The molecule has 162 valence electrons. The number of anilines is 1. The van der Waals surface area contributed by atoms with Gasteiger partial charge in [-0.3, -0.25) is 9.59 Å². The fraction of sp³-hybridized carbons (Fsp3) is 0.0800. The monoisotopic (exact) mass is 429 g/mol. The number of carbonyl (C=O) groups excluding carboxylic acids is 2. The topological polar surface area (TPSA) is 89.0 Å². The van der Waals surface area contributed by atoms with E-state index in [0.29, 0.717) is 22.7 Å². The van der Waals surface area contributed by atoms with Crippen LogP contribution in [0.1, 0.15) is 21.5 Å². The van der Waals surface area contributed by atoms with Crippen LogP contribution in [0.15, 0.2) is 84.0 Å². The van der Waals surface area contributed by atoms with Gasteiger partial charge in [-0.25, -0.2) is 5.43 Å². The van der Waals surface area contributed by atoms with Crippen molar-refractivity contribution in [2.45, 2.75) is 0 Å². The summed E-state index contributed by atoms with van der Waals surface area (Å²) in [6, 6.07) is 21.4. The Morgan fingerprint density at radius 1 is 0.906 bits per heavy atom. The molecule has 7 heteroatoms. The van der Waals surface area contributed by atoms with Crippen LogP contribution < -0.4 is 20.2 Å². The number of ether oxygens (including phenoxy) is 2. The van der Waals surface area contributed by atoms with E-state index in [1.165, 1.54) is 19.4 Å². The van der Waals surface area contributed by atoms with Crippen LogP contribution in [0.5, 0.6) is 11.5 Å². The second-order valence-electron chi connectivity index (χ2n) is 6.59. The molecule has 2 amide bonds. The molecule has 0 aromatic heterocycles. The van der Waals surface area contributed by atoms with Gasteiger partial charge in [0.05, 0.1) is 31.7 Å². The summed E-state index contributed by atoms with van der Waals surface area (Å²) in [5, 5.41) is 6.73. The molecule has 0 radical (unpaired) electrons. The first-order chi connectivity index (χ1) is 15.6. The lowest BCUT2D eigenvalue weighted by Crippen LogP contribution is -2.20. The first-order valence-corrected chi connectivity index (χ1v) is 9.79. The minimum atomic E-state index is -0.461. The summed E-state index contributed by atoms with van der Waals surface area (Å²) >= 11 is 0.